The molecule has 1 aliphatic heterocycles. The van der Waals surface area contributed by atoms with Crippen LogP contribution in [0.2, 0.25) is 0 Å². The molecule has 5 heteroatoms. The maximum atomic E-state index is 12.5. The maximum absolute atomic E-state index is 12.5. The van der Waals surface area contributed by atoms with E-state index in [1.165, 1.54) is 5.56 Å². The molecule has 1 fully saturated rings. The third-order valence-corrected chi connectivity index (χ3v) is 5.25. The normalized spacial score (nSPS) is 14.8. The topological polar surface area (TPSA) is 49.3 Å². The van der Waals surface area contributed by atoms with Gasteiger partial charge in [-0.2, -0.15) is 0 Å². The van der Waals surface area contributed by atoms with E-state index < -0.39 is 0 Å². The van der Waals surface area contributed by atoms with Gasteiger partial charge in [-0.15, -0.1) is 10.2 Å². The Morgan fingerprint density at radius 2 is 1.62 bits per heavy atom. The van der Waals surface area contributed by atoms with Gasteiger partial charge in [0.05, 0.1) is 5.69 Å². The lowest BCUT2D eigenvalue weighted by Crippen LogP contribution is -2.50. The number of amides is 1. The van der Waals surface area contributed by atoms with E-state index in [9.17, 15) is 4.79 Å². The molecule has 0 radical (unpaired) electrons. The number of piperazine rings is 1. The first-order valence-electron chi connectivity index (χ1n) is 9.56. The van der Waals surface area contributed by atoms with E-state index in [2.05, 4.69) is 60.1 Å². The Balaban J connectivity index is 1.61. The van der Waals surface area contributed by atoms with E-state index in [4.69, 9.17) is 0 Å². The Morgan fingerprint density at radius 3 is 2.15 bits per heavy atom. The Labute approximate surface area is 156 Å². The number of rotatable bonds is 5. The van der Waals surface area contributed by atoms with E-state index in [1.807, 2.05) is 17.0 Å². The number of nitrogens with zero attached hydrogens (tertiary/aromatic N) is 4. The molecule has 1 amide bonds. The molecule has 5 nitrogen and oxygen atoms in total. The number of carbonyl (C=O) groups excluding carboxylic acids is 1. The standard InChI is InChI=1S/C21H28N4O/c1-4-17(5-2)21(26)25-14-12-24(13-15-25)20-11-10-19(22-23-20)18-8-6-16(3)7-9-18/h6-11,17H,4-5,12-15H2,1-3H3. The molecule has 26 heavy (non-hydrogen) atoms. The molecule has 0 saturated carbocycles. The van der Waals surface area contributed by atoms with Gasteiger partial charge in [-0.05, 0) is 31.9 Å². The molecule has 2 heterocycles. The van der Waals surface area contributed by atoms with Crippen molar-refractivity contribution in [2.75, 3.05) is 31.1 Å². The van der Waals surface area contributed by atoms with Gasteiger partial charge in [-0.1, -0.05) is 43.7 Å². The van der Waals surface area contributed by atoms with Crippen LogP contribution in [0.3, 0.4) is 0 Å². The van der Waals surface area contributed by atoms with Gasteiger partial charge < -0.3 is 9.80 Å². The highest BCUT2D eigenvalue weighted by atomic mass is 16.2. The number of anilines is 1. The lowest BCUT2D eigenvalue weighted by Gasteiger charge is -2.36. The molecule has 0 spiro atoms. The number of benzene rings is 1. The highest BCUT2D eigenvalue weighted by molar-refractivity contribution is 5.79. The van der Waals surface area contributed by atoms with Gasteiger partial charge in [-0.3, -0.25) is 4.79 Å². The van der Waals surface area contributed by atoms with E-state index in [0.717, 1.165) is 56.1 Å². The van der Waals surface area contributed by atoms with Crippen molar-refractivity contribution in [2.45, 2.75) is 33.6 Å². The summed E-state index contributed by atoms with van der Waals surface area (Å²) in [5, 5.41) is 8.80. The van der Waals surface area contributed by atoms with E-state index in [0.29, 0.717) is 5.91 Å². The van der Waals surface area contributed by atoms with E-state index >= 15 is 0 Å². The largest absolute Gasteiger partial charge is 0.352 e. The van der Waals surface area contributed by atoms with Crippen molar-refractivity contribution in [3.8, 4) is 11.3 Å². The van der Waals surface area contributed by atoms with Gasteiger partial charge in [0.1, 0.15) is 0 Å². The molecular weight excluding hydrogens is 324 g/mol. The Kier molecular flexibility index (Phi) is 5.86. The predicted molar refractivity (Wildman–Crippen MR) is 105 cm³/mol. The SMILES string of the molecule is CCC(CC)C(=O)N1CCN(c2ccc(-c3ccc(C)cc3)nn2)CC1. The van der Waals surface area contributed by atoms with Crippen LogP contribution < -0.4 is 4.90 Å². The number of hydrogen-bond acceptors (Lipinski definition) is 4. The van der Waals surface area contributed by atoms with Crippen LogP contribution in [0, 0.1) is 12.8 Å². The molecule has 1 aliphatic rings. The fraction of sp³-hybridized carbons (Fsp3) is 0.476. The van der Waals surface area contributed by atoms with Gasteiger partial charge in [-0.25, -0.2) is 0 Å². The summed E-state index contributed by atoms with van der Waals surface area (Å²) in [5.41, 5.74) is 3.20. The molecule has 0 aliphatic carbocycles. The van der Waals surface area contributed by atoms with E-state index in [1.54, 1.807) is 0 Å². The van der Waals surface area contributed by atoms with Crippen LogP contribution in [-0.4, -0.2) is 47.2 Å². The number of carbonyl (C=O) groups is 1. The Morgan fingerprint density at radius 1 is 0.962 bits per heavy atom. The minimum absolute atomic E-state index is 0.162. The smallest absolute Gasteiger partial charge is 0.225 e. The first-order chi connectivity index (χ1) is 12.6. The molecule has 1 saturated heterocycles. The van der Waals surface area contributed by atoms with Gasteiger partial charge >= 0.3 is 0 Å². The van der Waals surface area contributed by atoms with Crippen LogP contribution in [-0.2, 0) is 4.79 Å². The fourth-order valence-electron chi connectivity index (χ4n) is 3.42. The van der Waals surface area contributed by atoms with Crippen LogP contribution in [0.4, 0.5) is 5.82 Å². The lowest BCUT2D eigenvalue weighted by atomic mass is 10.0. The van der Waals surface area contributed by atoms with Gasteiger partial charge in [0, 0.05) is 37.7 Å². The van der Waals surface area contributed by atoms with Crippen molar-refractivity contribution >= 4 is 11.7 Å². The highest BCUT2D eigenvalue weighted by Crippen LogP contribution is 2.20. The van der Waals surface area contributed by atoms with Gasteiger partial charge in [0.2, 0.25) is 5.91 Å². The number of aryl methyl sites for hydroxylation is 1. The van der Waals surface area contributed by atoms with E-state index in [-0.39, 0.29) is 5.92 Å². The number of hydrogen-bond donors (Lipinski definition) is 0. The van der Waals surface area contributed by atoms with Crippen LogP contribution in [0.15, 0.2) is 36.4 Å². The Bertz CT molecular complexity index is 715. The van der Waals surface area contributed by atoms with Crippen molar-refractivity contribution in [2.24, 2.45) is 5.92 Å². The second-order valence-electron chi connectivity index (χ2n) is 6.97. The first-order valence-corrected chi connectivity index (χ1v) is 9.56. The number of aromatic nitrogens is 2. The lowest BCUT2D eigenvalue weighted by molar-refractivity contribution is -0.136. The second-order valence-corrected chi connectivity index (χ2v) is 6.97. The van der Waals surface area contributed by atoms with Crippen LogP contribution >= 0.6 is 0 Å². The first kappa shape index (κ1) is 18.4. The predicted octanol–water partition coefficient (Wildman–Crippen LogP) is 3.54. The molecule has 2 aromatic rings. The van der Waals surface area contributed by atoms with Crippen LogP contribution in [0.25, 0.3) is 11.3 Å². The molecular formula is C21H28N4O. The summed E-state index contributed by atoms with van der Waals surface area (Å²) in [6, 6.07) is 12.4. The zero-order valence-electron chi connectivity index (χ0n) is 16.0. The average Bonchev–Trinajstić information content (AvgIpc) is 2.70. The third-order valence-electron chi connectivity index (χ3n) is 5.25. The van der Waals surface area contributed by atoms with Crippen molar-refractivity contribution in [1.29, 1.82) is 0 Å². The maximum Gasteiger partial charge on any atom is 0.225 e. The van der Waals surface area contributed by atoms with Crippen LogP contribution in [0.5, 0.6) is 0 Å². The summed E-state index contributed by atoms with van der Waals surface area (Å²) in [5.74, 6) is 1.35. The molecule has 3 rings (SSSR count). The van der Waals surface area contributed by atoms with Crippen molar-refractivity contribution in [3.05, 3.63) is 42.0 Å². The van der Waals surface area contributed by atoms with Crippen molar-refractivity contribution in [3.63, 3.8) is 0 Å². The van der Waals surface area contributed by atoms with Crippen molar-refractivity contribution < 1.29 is 4.79 Å². The van der Waals surface area contributed by atoms with Crippen LogP contribution in [0.1, 0.15) is 32.3 Å². The summed E-state index contributed by atoms with van der Waals surface area (Å²) in [6.45, 7) is 9.40. The highest BCUT2D eigenvalue weighted by Gasteiger charge is 2.26. The zero-order chi connectivity index (χ0) is 18.5. The molecule has 0 bridgehead atoms. The molecule has 1 aromatic carbocycles. The van der Waals surface area contributed by atoms with Crippen molar-refractivity contribution in [1.82, 2.24) is 15.1 Å². The second kappa shape index (κ2) is 8.30. The Hall–Kier alpha value is -2.43. The molecule has 0 N–H and O–H groups in total. The quantitative estimate of drug-likeness (QED) is 0.826. The zero-order valence-corrected chi connectivity index (χ0v) is 16.0. The van der Waals surface area contributed by atoms with Gasteiger partial charge in [0.15, 0.2) is 5.82 Å². The third kappa shape index (κ3) is 4.03. The molecule has 1 aromatic heterocycles. The summed E-state index contributed by atoms with van der Waals surface area (Å²) in [7, 11) is 0. The minimum Gasteiger partial charge on any atom is -0.352 e. The molecule has 138 valence electrons. The monoisotopic (exact) mass is 352 g/mol. The fourth-order valence-corrected chi connectivity index (χ4v) is 3.42. The average molecular weight is 352 g/mol. The summed E-state index contributed by atoms with van der Waals surface area (Å²) in [4.78, 5) is 16.7. The summed E-state index contributed by atoms with van der Waals surface area (Å²) >= 11 is 0. The molecule has 0 atom stereocenters. The van der Waals surface area contributed by atoms with Gasteiger partial charge in [0.25, 0.3) is 0 Å². The minimum atomic E-state index is 0.162. The molecule has 0 unspecified atom stereocenters. The summed E-state index contributed by atoms with van der Waals surface area (Å²) < 4.78 is 0. The summed E-state index contributed by atoms with van der Waals surface area (Å²) in [6.07, 6.45) is 1.84.